The first-order valence-corrected chi connectivity index (χ1v) is 5.30. The highest BCUT2D eigenvalue weighted by Crippen LogP contribution is 2.36. The highest BCUT2D eigenvalue weighted by molar-refractivity contribution is 7.78. The Labute approximate surface area is 91.3 Å². The summed E-state index contributed by atoms with van der Waals surface area (Å²) in [5.41, 5.74) is -0.359. The third-order valence-electron chi connectivity index (χ3n) is 1.85. The Bertz CT molecular complexity index is 408. The van der Waals surface area contributed by atoms with Gasteiger partial charge in [0.2, 0.25) is 0 Å². The maximum Gasteiger partial charge on any atom is 0.418 e. The Morgan fingerprint density at radius 1 is 1.38 bits per heavy atom. The molecule has 8 heteroatoms. The lowest BCUT2D eigenvalue weighted by Crippen LogP contribution is -2.11. The largest absolute Gasteiger partial charge is 0.418 e. The van der Waals surface area contributed by atoms with Crippen LogP contribution in [0.25, 0.3) is 0 Å². The van der Waals surface area contributed by atoms with Crippen molar-refractivity contribution in [2.75, 3.05) is 5.48 Å². The van der Waals surface area contributed by atoms with Crippen LogP contribution >= 0.6 is 0 Å². The van der Waals surface area contributed by atoms with Crippen LogP contribution < -0.4 is 5.48 Å². The van der Waals surface area contributed by atoms with Gasteiger partial charge in [0.15, 0.2) is 11.1 Å². The molecule has 1 aromatic rings. The molecule has 1 aromatic carbocycles. The van der Waals surface area contributed by atoms with Crippen LogP contribution in [0.15, 0.2) is 18.2 Å². The summed E-state index contributed by atoms with van der Waals surface area (Å²) < 4.78 is 56.5. The van der Waals surface area contributed by atoms with Crippen molar-refractivity contribution < 1.29 is 27.1 Å². The van der Waals surface area contributed by atoms with Gasteiger partial charge in [-0.1, -0.05) is 12.1 Å². The predicted molar refractivity (Wildman–Crippen MR) is 51.3 cm³/mol. The first kappa shape index (κ1) is 12.9. The zero-order valence-corrected chi connectivity index (χ0v) is 8.60. The van der Waals surface area contributed by atoms with E-state index in [0.29, 0.717) is 0 Å². The molecule has 0 aliphatic rings. The second-order valence-corrected chi connectivity index (χ2v) is 3.85. The predicted octanol–water partition coefficient (Wildman–Crippen LogP) is 2.23. The minimum atomic E-state index is -4.64. The van der Waals surface area contributed by atoms with Crippen LogP contribution in [0.5, 0.6) is 0 Å². The van der Waals surface area contributed by atoms with Crippen molar-refractivity contribution >= 4 is 16.8 Å². The molecule has 16 heavy (non-hydrogen) atoms. The second kappa shape index (κ2) is 4.81. The van der Waals surface area contributed by atoms with Crippen molar-refractivity contribution in [2.24, 2.45) is 0 Å². The first-order chi connectivity index (χ1) is 7.36. The maximum atomic E-state index is 12.5. The van der Waals surface area contributed by atoms with Gasteiger partial charge in [-0.25, -0.2) is 4.21 Å². The van der Waals surface area contributed by atoms with Crippen LogP contribution in [0.4, 0.5) is 18.9 Å². The van der Waals surface area contributed by atoms with Gasteiger partial charge in [0.05, 0.1) is 17.0 Å². The minimum Gasteiger partial charge on any atom is -0.306 e. The standard InChI is InChI=1S/C8H8F3NO3S/c9-8(10,11)6-3-1-2-5(4-16(14)15)7(6)12-13/h1-3,12-13H,4H2,(H,14,15). The molecule has 3 N–H and O–H groups in total. The van der Waals surface area contributed by atoms with Crippen molar-refractivity contribution in [3.8, 4) is 0 Å². The molecule has 0 aromatic heterocycles. The zero-order valence-electron chi connectivity index (χ0n) is 7.78. The van der Waals surface area contributed by atoms with Gasteiger partial charge >= 0.3 is 6.18 Å². The Hall–Kier alpha value is -1.12. The molecule has 1 atom stereocenters. The molecule has 0 spiro atoms. The fourth-order valence-corrected chi connectivity index (χ4v) is 1.73. The lowest BCUT2D eigenvalue weighted by molar-refractivity contribution is -0.137. The molecule has 0 heterocycles. The van der Waals surface area contributed by atoms with E-state index in [1.165, 1.54) is 11.5 Å². The van der Waals surface area contributed by atoms with Crippen LogP contribution in [-0.4, -0.2) is 14.0 Å². The topological polar surface area (TPSA) is 69.6 Å². The smallest absolute Gasteiger partial charge is 0.306 e. The molecule has 0 aliphatic heterocycles. The fraction of sp³-hybridized carbons (Fsp3) is 0.250. The molecule has 0 fully saturated rings. The van der Waals surface area contributed by atoms with E-state index in [2.05, 4.69) is 0 Å². The monoisotopic (exact) mass is 255 g/mol. The molecular formula is C8H8F3NO3S. The minimum absolute atomic E-state index is 0.0850. The van der Waals surface area contributed by atoms with Crippen LogP contribution in [-0.2, 0) is 23.0 Å². The summed E-state index contributed by atoms with van der Waals surface area (Å²) in [6, 6.07) is 3.09. The van der Waals surface area contributed by atoms with Gasteiger partial charge in [0.1, 0.15) is 0 Å². The number of anilines is 1. The van der Waals surface area contributed by atoms with Gasteiger partial charge in [-0.05, 0) is 11.6 Å². The van der Waals surface area contributed by atoms with Crippen molar-refractivity contribution in [2.45, 2.75) is 11.9 Å². The normalized spacial score (nSPS) is 13.6. The van der Waals surface area contributed by atoms with E-state index in [0.717, 1.165) is 12.1 Å². The number of alkyl halides is 3. The Kier molecular flexibility index (Phi) is 3.89. The molecule has 0 amide bonds. The van der Waals surface area contributed by atoms with Crippen LogP contribution in [0.3, 0.4) is 0 Å². The van der Waals surface area contributed by atoms with E-state index in [1.54, 1.807) is 0 Å². The Balaban J connectivity index is 3.26. The molecule has 0 radical (unpaired) electrons. The summed E-state index contributed by atoms with van der Waals surface area (Å²) in [4.78, 5) is 0. The van der Waals surface area contributed by atoms with E-state index >= 15 is 0 Å². The number of benzene rings is 1. The van der Waals surface area contributed by atoms with Gasteiger partial charge in [-0.3, -0.25) is 10.7 Å². The fourth-order valence-electron chi connectivity index (χ4n) is 1.22. The van der Waals surface area contributed by atoms with Gasteiger partial charge in [-0.15, -0.1) is 0 Å². The third kappa shape index (κ3) is 2.94. The summed E-state index contributed by atoms with van der Waals surface area (Å²) in [5, 5.41) is 8.64. The van der Waals surface area contributed by atoms with E-state index in [1.807, 2.05) is 0 Å². The second-order valence-electron chi connectivity index (χ2n) is 2.92. The summed E-state index contributed by atoms with van der Waals surface area (Å²) in [6.45, 7) is 0. The van der Waals surface area contributed by atoms with Crippen LogP contribution in [0.2, 0.25) is 0 Å². The lowest BCUT2D eigenvalue weighted by atomic mass is 10.1. The molecular weight excluding hydrogens is 247 g/mol. The first-order valence-electron chi connectivity index (χ1n) is 4.03. The summed E-state index contributed by atoms with van der Waals surface area (Å²) >= 11 is -2.28. The molecule has 90 valence electrons. The molecule has 0 bridgehead atoms. The molecule has 4 nitrogen and oxygen atoms in total. The van der Waals surface area contributed by atoms with Gasteiger partial charge in [-0.2, -0.15) is 13.2 Å². The number of nitrogens with one attached hydrogen (secondary N) is 1. The summed E-state index contributed by atoms with van der Waals surface area (Å²) in [5.74, 6) is -0.493. The molecule has 0 saturated carbocycles. The Morgan fingerprint density at radius 3 is 2.44 bits per heavy atom. The quantitative estimate of drug-likeness (QED) is 0.572. The molecule has 0 saturated heterocycles. The summed E-state index contributed by atoms with van der Waals surface area (Å²) in [7, 11) is 0. The molecule has 0 aliphatic carbocycles. The average Bonchev–Trinajstić information content (AvgIpc) is 2.15. The number of rotatable bonds is 3. The van der Waals surface area contributed by atoms with Gasteiger partial charge < -0.3 is 4.55 Å². The van der Waals surface area contributed by atoms with Crippen LogP contribution in [0, 0.1) is 0 Å². The van der Waals surface area contributed by atoms with Crippen molar-refractivity contribution in [3.05, 3.63) is 29.3 Å². The number of hydrogen-bond acceptors (Lipinski definition) is 3. The number of hydrogen-bond donors (Lipinski definition) is 3. The van der Waals surface area contributed by atoms with Gasteiger partial charge in [0.25, 0.3) is 0 Å². The third-order valence-corrected chi connectivity index (χ3v) is 2.40. The number of para-hydroxylation sites is 1. The molecule has 1 unspecified atom stereocenters. The summed E-state index contributed by atoms with van der Waals surface area (Å²) in [6.07, 6.45) is -4.64. The average molecular weight is 255 g/mol. The van der Waals surface area contributed by atoms with E-state index in [9.17, 15) is 17.4 Å². The Morgan fingerprint density at radius 2 is 2.00 bits per heavy atom. The van der Waals surface area contributed by atoms with Crippen molar-refractivity contribution in [1.82, 2.24) is 0 Å². The lowest BCUT2D eigenvalue weighted by Gasteiger charge is -2.14. The van der Waals surface area contributed by atoms with Gasteiger partial charge in [0, 0.05) is 0 Å². The van der Waals surface area contributed by atoms with E-state index < -0.39 is 34.3 Å². The van der Waals surface area contributed by atoms with Crippen molar-refractivity contribution in [1.29, 1.82) is 0 Å². The highest BCUT2D eigenvalue weighted by atomic mass is 32.2. The zero-order chi connectivity index (χ0) is 12.3. The number of halogens is 3. The van der Waals surface area contributed by atoms with Crippen LogP contribution in [0.1, 0.15) is 11.1 Å². The molecule has 1 rings (SSSR count). The van der Waals surface area contributed by atoms with E-state index in [4.69, 9.17) is 9.76 Å². The SMILES string of the molecule is O=S(O)Cc1cccc(C(F)(F)F)c1NO. The highest BCUT2D eigenvalue weighted by Gasteiger charge is 2.34. The van der Waals surface area contributed by atoms with E-state index in [-0.39, 0.29) is 5.56 Å². The maximum absolute atomic E-state index is 12.5. The van der Waals surface area contributed by atoms with Crippen molar-refractivity contribution in [3.63, 3.8) is 0 Å².